The molecule has 0 amide bonds. The summed E-state index contributed by atoms with van der Waals surface area (Å²) in [7, 11) is 1.82. The molecular formula is C36H38ClF2NO6S. The maximum atomic E-state index is 17.6. The molecule has 7 nitrogen and oxygen atoms in total. The lowest BCUT2D eigenvalue weighted by Gasteiger charge is -2.63. The highest BCUT2D eigenvalue weighted by Gasteiger charge is 2.80. The van der Waals surface area contributed by atoms with Crippen LogP contribution >= 0.6 is 23.4 Å². The molecule has 0 spiro atoms. The molecule has 0 aromatic heterocycles. The summed E-state index contributed by atoms with van der Waals surface area (Å²) in [4.78, 5) is 27.0. The zero-order chi connectivity index (χ0) is 33.5. The molecule has 250 valence electrons. The average molecular weight is 686 g/mol. The monoisotopic (exact) mass is 685 g/mol. The Morgan fingerprint density at radius 3 is 2.60 bits per heavy atom. The van der Waals surface area contributed by atoms with Crippen molar-refractivity contribution < 1.29 is 38.1 Å². The van der Waals surface area contributed by atoms with Crippen LogP contribution in [0.25, 0.3) is 0 Å². The molecule has 1 saturated heterocycles. The van der Waals surface area contributed by atoms with Crippen LogP contribution in [-0.2, 0) is 24.8 Å². The van der Waals surface area contributed by atoms with Gasteiger partial charge in [0.05, 0.1) is 22.9 Å². The van der Waals surface area contributed by atoms with E-state index in [1.165, 1.54) is 19.1 Å². The molecule has 2 aromatic carbocycles. The minimum absolute atomic E-state index is 0.0380. The van der Waals surface area contributed by atoms with Crippen molar-refractivity contribution in [3.8, 4) is 0 Å². The number of benzene rings is 2. The van der Waals surface area contributed by atoms with E-state index in [2.05, 4.69) is 5.32 Å². The first-order chi connectivity index (χ1) is 22.3. The molecule has 3 N–H and O–H groups in total. The van der Waals surface area contributed by atoms with Crippen LogP contribution in [0.4, 0.5) is 14.5 Å². The molecule has 0 unspecified atom stereocenters. The van der Waals surface area contributed by atoms with Gasteiger partial charge in [-0.15, -0.1) is 11.8 Å². The van der Waals surface area contributed by atoms with Crippen LogP contribution in [0, 0.1) is 22.7 Å². The number of nitrogens with one attached hydrogen (secondary N) is 1. The second kappa shape index (κ2) is 11.5. The maximum absolute atomic E-state index is 17.6. The molecule has 1 heterocycles. The molecule has 0 bridgehead atoms. The smallest absolute Gasteiger partial charge is 0.193 e. The van der Waals surface area contributed by atoms with Crippen LogP contribution in [0.5, 0.6) is 0 Å². The fraction of sp³-hybridized carbons (Fsp3) is 0.500. The van der Waals surface area contributed by atoms with Gasteiger partial charge in [0.2, 0.25) is 0 Å². The van der Waals surface area contributed by atoms with Gasteiger partial charge in [0.25, 0.3) is 0 Å². The van der Waals surface area contributed by atoms with E-state index in [0.29, 0.717) is 16.3 Å². The number of carbonyl (C=O) groups is 2. The van der Waals surface area contributed by atoms with Crippen LogP contribution in [0.2, 0.25) is 5.02 Å². The number of Topliss-reactive ketones (excluding diaryl/α,β-unsaturated/α-hetero) is 1. The molecule has 1 aliphatic heterocycles. The number of hydrogen-bond acceptors (Lipinski definition) is 8. The number of aliphatic hydroxyl groups excluding tert-OH is 2. The number of ether oxygens (including phenoxy) is 2. The van der Waals surface area contributed by atoms with Crippen LogP contribution < -0.4 is 5.32 Å². The Hall–Kier alpha value is -2.60. The van der Waals surface area contributed by atoms with Crippen molar-refractivity contribution in [3.63, 3.8) is 0 Å². The Bertz CT molecular complexity index is 1690. The summed E-state index contributed by atoms with van der Waals surface area (Å²) in [5, 5.41) is 25.6. The predicted molar refractivity (Wildman–Crippen MR) is 175 cm³/mol. The normalized spacial score (nSPS) is 40.3. The van der Waals surface area contributed by atoms with Crippen LogP contribution in [0.3, 0.4) is 0 Å². The first kappa shape index (κ1) is 32.9. The quantitative estimate of drug-likeness (QED) is 0.291. The molecule has 0 radical (unpaired) electrons. The lowest BCUT2D eigenvalue weighted by molar-refractivity contribution is -0.235. The van der Waals surface area contributed by atoms with Gasteiger partial charge in [-0.3, -0.25) is 9.59 Å². The Labute approximate surface area is 281 Å². The van der Waals surface area contributed by atoms with Crippen molar-refractivity contribution in [1.82, 2.24) is 0 Å². The summed E-state index contributed by atoms with van der Waals surface area (Å²) in [5.74, 6) is -1.91. The third-order valence-corrected chi connectivity index (χ3v) is 13.2. The number of ketones is 2. The lowest BCUT2D eigenvalue weighted by atomic mass is 9.44. The van der Waals surface area contributed by atoms with E-state index in [1.807, 2.05) is 49.5 Å². The van der Waals surface area contributed by atoms with Crippen LogP contribution in [0.1, 0.15) is 50.5 Å². The number of allylic oxidation sites excluding steroid dienone is 4. The molecule has 3 saturated carbocycles. The Balaban J connectivity index is 1.15. The van der Waals surface area contributed by atoms with E-state index in [1.54, 1.807) is 18.7 Å². The number of alkyl halides is 2. The summed E-state index contributed by atoms with van der Waals surface area (Å²) >= 11 is 7.87. The van der Waals surface area contributed by atoms with Crippen molar-refractivity contribution in [2.75, 3.05) is 19.0 Å². The summed E-state index contributed by atoms with van der Waals surface area (Å²) in [6.07, 6.45) is -1.42. The van der Waals surface area contributed by atoms with Gasteiger partial charge < -0.3 is 25.0 Å². The highest BCUT2D eigenvalue weighted by atomic mass is 35.5. The first-order valence-electron chi connectivity index (χ1n) is 15.9. The van der Waals surface area contributed by atoms with Gasteiger partial charge in [-0.1, -0.05) is 48.9 Å². The number of halogens is 3. The molecular weight excluding hydrogens is 648 g/mol. The lowest BCUT2D eigenvalue weighted by Crippen LogP contribution is -2.70. The third kappa shape index (κ3) is 4.58. The highest BCUT2D eigenvalue weighted by molar-refractivity contribution is 7.98. The molecule has 10 atom stereocenters. The van der Waals surface area contributed by atoms with Gasteiger partial charge in [0.1, 0.15) is 12.8 Å². The van der Waals surface area contributed by atoms with Crippen molar-refractivity contribution >= 4 is 40.6 Å². The molecule has 2 aromatic rings. The van der Waals surface area contributed by atoms with Crippen molar-refractivity contribution in [2.24, 2.45) is 22.7 Å². The molecule has 7 rings (SSSR count). The topological polar surface area (TPSA) is 105 Å². The van der Waals surface area contributed by atoms with Gasteiger partial charge in [-0.2, -0.15) is 0 Å². The Morgan fingerprint density at radius 2 is 1.89 bits per heavy atom. The number of fused-ring (bicyclic) bond motifs is 7. The van der Waals surface area contributed by atoms with Gasteiger partial charge in [-0.25, -0.2) is 8.78 Å². The van der Waals surface area contributed by atoms with E-state index in [9.17, 15) is 19.8 Å². The highest BCUT2D eigenvalue weighted by Crippen LogP contribution is 2.72. The number of anilines is 1. The number of aliphatic hydroxyl groups is 2. The standard InChI is InChI=1S/C36H38ClF2NO6S/c1-33-11-10-21(42)12-25(33)27(38)14-24-23-15-31-36(30(44)17-41,34(23,2)16-29(43)35(24,33)39)46-32(45-31)20-6-4-19(5-7-20)18-47-22-8-9-26(37)28(13-22)40-3/h4-13,23-24,27,29,31-32,40-41,43H,14-18H2,1-3H3/t23-,24-,27-,29-,31+,32+,33-,34-,35-,36+/m0/s1. The zero-order valence-electron chi connectivity index (χ0n) is 26.3. The second-order valence-corrected chi connectivity index (χ2v) is 15.4. The van der Waals surface area contributed by atoms with Crippen LogP contribution in [0.15, 0.2) is 71.2 Å². The number of carbonyl (C=O) groups excluding carboxylic acids is 2. The van der Waals surface area contributed by atoms with Gasteiger partial charge in [0, 0.05) is 40.0 Å². The van der Waals surface area contributed by atoms with Gasteiger partial charge in [0.15, 0.2) is 29.1 Å². The molecule has 5 aliphatic rings. The predicted octanol–water partition coefficient (Wildman–Crippen LogP) is 6.32. The fourth-order valence-corrected chi connectivity index (χ4v) is 10.5. The minimum atomic E-state index is -2.29. The average Bonchev–Trinajstić information content (AvgIpc) is 3.56. The maximum Gasteiger partial charge on any atom is 0.193 e. The molecule has 4 fully saturated rings. The fourth-order valence-electron chi connectivity index (χ4n) is 9.44. The van der Waals surface area contributed by atoms with E-state index in [-0.39, 0.29) is 24.8 Å². The van der Waals surface area contributed by atoms with Gasteiger partial charge in [-0.05, 0) is 73.6 Å². The first-order valence-corrected chi connectivity index (χ1v) is 17.3. The minimum Gasteiger partial charge on any atom is -0.390 e. The van der Waals surface area contributed by atoms with Crippen molar-refractivity contribution in [2.45, 2.75) is 79.7 Å². The van der Waals surface area contributed by atoms with E-state index >= 15 is 8.78 Å². The molecule has 11 heteroatoms. The van der Waals surface area contributed by atoms with Gasteiger partial charge >= 0.3 is 0 Å². The molecule has 4 aliphatic carbocycles. The third-order valence-electron chi connectivity index (χ3n) is 11.8. The largest absolute Gasteiger partial charge is 0.390 e. The molecule has 47 heavy (non-hydrogen) atoms. The van der Waals surface area contributed by atoms with E-state index in [0.717, 1.165) is 22.2 Å². The summed E-state index contributed by atoms with van der Waals surface area (Å²) in [5.41, 5.74) is -4.05. The summed E-state index contributed by atoms with van der Waals surface area (Å²) in [6, 6.07) is 13.5. The summed E-state index contributed by atoms with van der Waals surface area (Å²) in [6.45, 7) is 2.49. The van der Waals surface area contributed by atoms with Crippen molar-refractivity contribution in [1.29, 1.82) is 0 Å². The number of rotatable bonds is 7. The summed E-state index contributed by atoms with van der Waals surface area (Å²) < 4.78 is 46.4. The Kier molecular flexibility index (Phi) is 8.05. The number of hydrogen-bond donors (Lipinski definition) is 3. The second-order valence-electron chi connectivity index (χ2n) is 13.9. The van der Waals surface area contributed by atoms with Crippen molar-refractivity contribution in [3.05, 3.63) is 82.4 Å². The van der Waals surface area contributed by atoms with E-state index in [4.69, 9.17) is 21.1 Å². The van der Waals surface area contributed by atoms with E-state index < -0.39 is 76.8 Å². The SMILES string of the molecule is CNc1cc(SCc2ccc([C@@H]3O[C@@H]4C[C@H]5[C@@H]6C[C@H](F)C7=CC(=O)C=C[C@]7(C)[C@@]6(F)[C@@H](O)C[C@]5(C)[C@]4(C(=O)CO)O3)cc2)ccc1Cl. The van der Waals surface area contributed by atoms with Crippen LogP contribution in [-0.4, -0.2) is 65.1 Å². The zero-order valence-corrected chi connectivity index (χ0v) is 27.9. The Morgan fingerprint density at radius 1 is 1.15 bits per heavy atom. The number of thioether (sulfide) groups is 1.